The van der Waals surface area contributed by atoms with E-state index in [1.807, 2.05) is 55.5 Å². The van der Waals surface area contributed by atoms with E-state index in [0.717, 1.165) is 40.5 Å². The van der Waals surface area contributed by atoms with Crippen molar-refractivity contribution in [3.05, 3.63) is 119 Å². The first-order chi connectivity index (χ1) is 19.8. The van der Waals surface area contributed by atoms with Gasteiger partial charge < -0.3 is 14.6 Å². The van der Waals surface area contributed by atoms with E-state index in [1.165, 1.54) is 11.1 Å². The highest BCUT2D eigenvalue weighted by molar-refractivity contribution is 5.97. The summed E-state index contributed by atoms with van der Waals surface area (Å²) in [5.74, 6) is 1.80. The molecule has 41 heavy (non-hydrogen) atoms. The van der Waals surface area contributed by atoms with Crippen molar-refractivity contribution in [2.75, 3.05) is 0 Å². The third-order valence-electron chi connectivity index (χ3n) is 8.36. The van der Waals surface area contributed by atoms with Gasteiger partial charge in [0.05, 0.1) is 0 Å². The zero-order valence-corrected chi connectivity index (χ0v) is 23.5. The van der Waals surface area contributed by atoms with E-state index in [2.05, 4.69) is 61.3 Å². The van der Waals surface area contributed by atoms with Crippen LogP contribution in [0.2, 0.25) is 0 Å². The molecule has 4 aromatic carbocycles. The second-order valence-corrected chi connectivity index (χ2v) is 11.8. The average molecular weight is 541 g/mol. The minimum Gasteiger partial charge on any atom is -0.506 e. The summed E-state index contributed by atoms with van der Waals surface area (Å²) in [5.41, 5.74) is 6.97. The van der Waals surface area contributed by atoms with Crippen LogP contribution in [0.1, 0.15) is 48.6 Å². The Morgan fingerprint density at radius 2 is 1.63 bits per heavy atom. The van der Waals surface area contributed by atoms with Gasteiger partial charge in [0.1, 0.15) is 29.2 Å². The first-order valence-corrected chi connectivity index (χ1v) is 14.2. The number of phenolic OH excluding ortho intramolecular Hbond substituents is 1. The number of rotatable bonds is 4. The first-order valence-electron chi connectivity index (χ1n) is 14.2. The van der Waals surface area contributed by atoms with Gasteiger partial charge in [-0.2, -0.15) is 0 Å². The number of aliphatic imine (C=N–C) groups is 1. The van der Waals surface area contributed by atoms with Crippen molar-refractivity contribution in [2.45, 2.75) is 45.8 Å². The number of benzene rings is 4. The zero-order valence-electron chi connectivity index (χ0n) is 23.5. The van der Waals surface area contributed by atoms with Crippen LogP contribution in [0.5, 0.6) is 17.4 Å². The molecule has 1 N–H and O–H groups in total. The lowest BCUT2D eigenvalue weighted by atomic mass is 9.79. The average Bonchev–Trinajstić information content (AvgIpc) is 3.40. The number of ether oxygens (including phenoxy) is 2. The molecule has 5 nitrogen and oxygen atoms in total. The standard InChI is InChI=1S/C36H32N2O3/c1-22-17-25-13-14-31(37-32(25)30(39)18-22)40-28-20-26(23-9-5-4-6-10-23)19-27(21-28)35-38-34-33(41-35)29-12-8-7-11-24(29)15-16-36(34,2)3/h4-14,17-21,33-34,39H,15-16H2,1-3H3/t33-,34-/m1/s1. The maximum absolute atomic E-state index is 10.5. The Kier molecular flexibility index (Phi) is 6.04. The Labute approximate surface area is 240 Å². The van der Waals surface area contributed by atoms with Crippen LogP contribution < -0.4 is 4.74 Å². The van der Waals surface area contributed by atoms with E-state index in [9.17, 15) is 5.11 Å². The maximum atomic E-state index is 10.5. The number of nitrogens with zero attached hydrogens (tertiary/aromatic N) is 2. The topological polar surface area (TPSA) is 63.9 Å². The van der Waals surface area contributed by atoms with Gasteiger partial charge in [-0.1, -0.05) is 68.4 Å². The highest BCUT2D eigenvalue weighted by Gasteiger charge is 2.45. The van der Waals surface area contributed by atoms with E-state index in [-0.39, 0.29) is 23.3 Å². The summed E-state index contributed by atoms with van der Waals surface area (Å²) in [6, 6.07) is 32.4. The fraction of sp³-hybridized carbons (Fsp3) is 0.222. The number of pyridine rings is 1. The third-order valence-corrected chi connectivity index (χ3v) is 8.36. The van der Waals surface area contributed by atoms with Crippen molar-refractivity contribution < 1.29 is 14.6 Å². The molecule has 2 heterocycles. The van der Waals surface area contributed by atoms with Crippen molar-refractivity contribution >= 4 is 16.8 Å². The molecule has 0 radical (unpaired) electrons. The Balaban J connectivity index is 1.30. The Morgan fingerprint density at radius 1 is 0.854 bits per heavy atom. The molecule has 0 saturated carbocycles. The molecule has 0 bridgehead atoms. The van der Waals surface area contributed by atoms with Crippen LogP contribution >= 0.6 is 0 Å². The summed E-state index contributed by atoms with van der Waals surface area (Å²) in [6.45, 7) is 6.54. The van der Waals surface area contributed by atoms with Crippen molar-refractivity contribution in [3.8, 4) is 28.5 Å². The summed E-state index contributed by atoms with van der Waals surface area (Å²) in [5, 5.41) is 11.4. The number of aromatic hydroxyl groups is 1. The highest BCUT2D eigenvalue weighted by atomic mass is 16.5. The summed E-state index contributed by atoms with van der Waals surface area (Å²) >= 11 is 0. The van der Waals surface area contributed by atoms with Gasteiger partial charge >= 0.3 is 0 Å². The fourth-order valence-electron chi connectivity index (χ4n) is 6.11. The minimum absolute atomic E-state index is 0.0134. The molecule has 2 aliphatic rings. The minimum atomic E-state index is -0.128. The number of phenols is 1. The summed E-state index contributed by atoms with van der Waals surface area (Å²) < 4.78 is 13.1. The molecule has 0 fully saturated rings. The number of hydrogen-bond donors (Lipinski definition) is 1. The van der Waals surface area contributed by atoms with Crippen LogP contribution in [-0.2, 0) is 11.2 Å². The van der Waals surface area contributed by atoms with Crippen LogP contribution in [0.3, 0.4) is 0 Å². The van der Waals surface area contributed by atoms with Crippen molar-refractivity contribution in [1.29, 1.82) is 0 Å². The molecule has 0 unspecified atom stereocenters. The Bertz CT molecular complexity index is 1810. The Hall–Kier alpha value is -4.64. The van der Waals surface area contributed by atoms with Gasteiger partial charge in [-0.3, -0.25) is 0 Å². The molecular weight excluding hydrogens is 508 g/mol. The second kappa shape index (κ2) is 9.77. The van der Waals surface area contributed by atoms with Gasteiger partial charge in [0.15, 0.2) is 0 Å². The molecule has 1 aliphatic heterocycles. The molecule has 5 aromatic rings. The molecular formula is C36H32N2O3. The van der Waals surface area contributed by atoms with Gasteiger partial charge in [-0.05, 0) is 89.4 Å². The normalized spacial score (nSPS) is 19.0. The van der Waals surface area contributed by atoms with Crippen molar-refractivity contribution in [3.63, 3.8) is 0 Å². The SMILES string of the molecule is Cc1cc(O)c2nc(Oc3cc(C4=N[C@@H]5[C@H](O4)c4ccccc4CCC5(C)C)cc(-c4ccccc4)c3)ccc2c1. The molecule has 1 aromatic heterocycles. The fourth-order valence-corrected chi connectivity index (χ4v) is 6.11. The lowest BCUT2D eigenvalue weighted by Crippen LogP contribution is -2.30. The maximum Gasteiger partial charge on any atom is 0.219 e. The molecule has 0 spiro atoms. The predicted octanol–water partition coefficient (Wildman–Crippen LogP) is 8.57. The van der Waals surface area contributed by atoms with Gasteiger partial charge in [-0.25, -0.2) is 9.98 Å². The molecule has 2 atom stereocenters. The number of hydrogen-bond acceptors (Lipinski definition) is 5. The van der Waals surface area contributed by atoms with Crippen molar-refractivity contribution in [2.24, 2.45) is 10.4 Å². The summed E-state index contributed by atoms with van der Waals surface area (Å²) in [4.78, 5) is 9.85. The lowest BCUT2D eigenvalue weighted by Gasteiger charge is -2.30. The third kappa shape index (κ3) is 4.71. The number of fused-ring (bicyclic) bond motifs is 4. The van der Waals surface area contributed by atoms with E-state index < -0.39 is 0 Å². The van der Waals surface area contributed by atoms with Crippen LogP contribution in [0.25, 0.3) is 22.0 Å². The van der Waals surface area contributed by atoms with Crippen LogP contribution in [-0.4, -0.2) is 22.0 Å². The monoisotopic (exact) mass is 540 g/mol. The van der Waals surface area contributed by atoms with E-state index in [1.54, 1.807) is 6.07 Å². The highest BCUT2D eigenvalue weighted by Crippen LogP contribution is 2.47. The Morgan fingerprint density at radius 3 is 2.49 bits per heavy atom. The molecule has 5 heteroatoms. The summed E-state index contributed by atoms with van der Waals surface area (Å²) in [7, 11) is 0. The molecule has 1 aliphatic carbocycles. The quantitative estimate of drug-likeness (QED) is 0.248. The second-order valence-electron chi connectivity index (χ2n) is 11.8. The summed E-state index contributed by atoms with van der Waals surface area (Å²) in [6.07, 6.45) is 1.95. The van der Waals surface area contributed by atoms with E-state index in [4.69, 9.17) is 14.5 Å². The van der Waals surface area contributed by atoms with E-state index in [0.29, 0.717) is 23.0 Å². The first kappa shape index (κ1) is 25.3. The van der Waals surface area contributed by atoms with E-state index >= 15 is 0 Å². The van der Waals surface area contributed by atoms with Gasteiger partial charge in [0.2, 0.25) is 11.8 Å². The number of aryl methyl sites for hydroxylation is 2. The van der Waals surface area contributed by atoms with Gasteiger partial charge in [0, 0.05) is 17.0 Å². The predicted molar refractivity (Wildman–Crippen MR) is 163 cm³/mol. The van der Waals surface area contributed by atoms with Crippen LogP contribution in [0, 0.1) is 12.3 Å². The molecule has 7 rings (SSSR count). The molecule has 0 saturated heterocycles. The number of aromatic nitrogens is 1. The molecule has 0 amide bonds. The largest absolute Gasteiger partial charge is 0.506 e. The molecule has 204 valence electrons. The van der Waals surface area contributed by atoms with Gasteiger partial charge in [-0.15, -0.1) is 0 Å². The zero-order chi connectivity index (χ0) is 28.1. The van der Waals surface area contributed by atoms with Crippen LogP contribution in [0.15, 0.2) is 102 Å². The van der Waals surface area contributed by atoms with Crippen molar-refractivity contribution in [1.82, 2.24) is 4.98 Å². The smallest absolute Gasteiger partial charge is 0.219 e. The van der Waals surface area contributed by atoms with Crippen LogP contribution in [0.4, 0.5) is 0 Å². The lowest BCUT2D eigenvalue weighted by molar-refractivity contribution is 0.131. The van der Waals surface area contributed by atoms with Gasteiger partial charge in [0.25, 0.3) is 0 Å².